The molecule has 0 saturated carbocycles. The van der Waals surface area contributed by atoms with Gasteiger partial charge in [-0.25, -0.2) is 13.1 Å². The molecule has 7 nitrogen and oxygen atoms in total. The highest BCUT2D eigenvalue weighted by Gasteiger charge is 2.46. The lowest BCUT2D eigenvalue weighted by Gasteiger charge is -2.51. The smallest absolute Gasteiger partial charge is 0.261 e. The Balaban J connectivity index is 2.19. The highest BCUT2D eigenvalue weighted by atomic mass is 32.2. The van der Waals surface area contributed by atoms with Crippen molar-refractivity contribution in [2.45, 2.75) is 62.7 Å². The number of aromatic nitrogens is 2. The van der Waals surface area contributed by atoms with Crippen molar-refractivity contribution in [3.63, 3.8) is 0 Å². The van der Waals surface area contributed by atoms with Crippen molar-refractivity contribution in [1.29, 1.82) is 0 Å². The van der Waals surface area contributed by atoms with Crippen molar-refractivity contribution >= 4 is 21.8 Å². The van der Waals surface area contributed by atoms with Gasteiger partial charge in [0.25, 0.3) is 10.0 Å². The summed E-state index contributed by atoms with van der Waals surface area (Å²) in [5, 5.41) is 11.5. The molecular weight excluding hydrogens is 300 g/mol. The standard InChI is InChI=1S/C11H20N4O3S2/c1-10(2)5-8(6-11(3,4)15(10)16)14-20(17,18)9-7-12-19-13-9/h7-8,14,16H,5-6H2,1-4H3. The van der Waals surface area contributed by atoms with E-state index in [9.17, 15) is 13.6 Å². The largest absolute Gasteiger partial charge is 0.313 e. The van der Waals surface area contributed by atoms with Crippen LogP contribution in [0.1, 0.15) is 40.5 Å². The molecule has 9 heteroatoms. The Labute approximate surface area is 123 Å². The lowest BCUT2D eigenvalue weighted by atomic mass is 9.79. The third-order valence-electron chi connectivity index (χ3n) is 3.58. The Morgan fingerprint density at radius 3 is 2.35 bits per heavy atom. The van der Waals surface area contributed by atoms with Crippen LogP contribution in [0.5, 0.6) is 0 Å². The van der Waals surface area contributed by atoms with Crippen LogP contribution < -0.4 is 4.72 Å². The second kappa shape index (κ2) is 4.99. The Kier molecular flexibility index (Phi) is 3.93. The molecule has 0 unspecified atom stereocenters. The summed E-state index contributed by atoms with van der Waals surface area (Å²) in [7, 11) is -3.65. The molecule has 2 N–H and O–H groups in total. The Morgan fingerprint density at radius 1 is 1.35 bits per heavy atom. The number of nitrogens with zero attached hydrogens (tertiary/aromatic N) is 3. The predicted octanol–water partition coefficient (Wildman–Crippen LogP) is 1.23. The molecule has 1 aliphatic rings. The highest BCUT2D eigenvalue weighted by Crippen LogP contribution is 2.37. The van der Waals surface area contributed by atoms with Crippen LogP contribution >= 0.6 is 11.7 Å². The zero-order valence-electron chi connectivity index (χ0n) is 12.0. The summed E-state index contributed by atoms with van der Waals surface area (Å²) in [5.41, 5.74) is -1.01. The molecule has 0 aliphatic carbocycles. The number of nitrogens with one attached hydrogen (secondary N) is 1. The normalized spacial score (nSPS) is 23.9. The quantitative estimate of drug-likeness (QED) is 0.869. The number of rotatable bonds is 3. The van der Waals surface area contributed by atoms with Crippen LogP contribution in [0.2, 0.25) is 0 Å². The zero-order chi connectivity index (χ0) is 15.2. The molecule has 0 atom stereocenters. The minimum Gasteiger partial charge on any atom is -0.313 e. The molecule has 114 valence electrons. The average Bonchev–Trinajstić information content (AvgIpc) is 2.78. The van der Waals surface area contributed by atoms with Crippen LogP contribution in [-0.2, 0) is 10.0 Å². The van der Waals surface area contributed by atoms with Gasteiger partial charge < -0.3 is 5.21 Å². The van der Waals surface area contributed by atoms with Crippen molar-refractivity contribution < 1.29 is 13.6 Å². The van der Waals surface area contributed by atoms with Gasteiger partial charge in [-0.15, -0.1) is 0 Å². The fraction of sp³-hybridized carbons (Fsp3) is 0.818. The van der Waals surface area contributed by atoms with Gasteiger partial charge in [0.1, 0.15) is 0 Å². The van der Waals surface area contributed by atoms with Gasteiger partial charge >= 0.3 is 0 Å². The number of sulfonamides is 1. The summed E-state index contributed by atoms with van der Waals surface area (Å²) < 4.78 is 34.5. The molecule has 0 amide bonds. The van der Waals surface area contributed by atoms with Crippen LogP contribution in [-0.4, -0.2) is 44.6 Å². The second-order valence-corrected chi connectivity index (χ2v) is 8.63. The summed E-state index contributed by atoms with van der Waals surface area (Å²) in [6.45, 7) is 7.55. The maximum atomic E-state index is 12.2. The third-order valence-corrected chi connectivity index (χ3v) is 5.56. The van der Waals surface area contributed by atoms with Gasteiger partial charge in [0.2, 0.25) is 5.03 Å². The maximum Gasteiger partial charge on any atom is 0.261 e. The van der Waals surface area contributed by atoms with Crippen LogP contribution in [0, 0.1) is 0 Å². The van der Waals surface area contributed by atoms with Crippen LogP contribution in [0.25, 0.3) is 0 Å². The first kappa shape index (κ1) is 15.8. The first-order valence-electron chi connectivity index (χ1n) is 6.34. The van der Waals surface area contributed by atoms with E-state index in [4.69, 9.17) is 0 Å². The fourth-order valence-corrected chi connectivity index (χ4v) is 4.71. The zero-order valence-corrected chi connectivity index (χ0v) is 13.6. The molecule has 1 aromatic heterocycles. The summed E-state index contributed by atoms with van der Waals surface area (Å²) in [6.07, 6.45) is 2.28. The van der Waals surface area contributed by atoms with Crippen LogP contribution in [0.3, 0.4) is 0 Å². The lowest BCUT2D eigenvalue weighted by Crippen LogP contribution is -2.62. The summed E-state index contributed by atoms with van der Waals surface area (Å²) >= 11 is 0.861. The fourth-order valence-electron chi connectivity index (χ4n) is 2.91. The summed E-state index contributed by atoms with van der Waals surface area (Å²) in [4.78, 5) is 0. The molecule has 20 heavy (non-hydrogen) atoms. The van der Waals surface area contributed by atoms with Gasteiger partial charge in [-0.2, -0.15) is 13.8 Å². The topological polar surface area (TPSA) is 95.4 Å². The highest BCUT2D eigenvalue weighted by molar-refractivity contribution is 7.89. The molecule has 0 spiro atoms. The van der Waals surface area contributed by atoms with Crippen molar-refractivity contribution in [2.75, 3.05) is 0 Å². The van der Waals surface area contributed by atoms with Gasteiger partial charge in [0, 0.05) is 17.1 Å². The van der Waals surface area contributed by atoms with E-state index in [1.54, 1.807) is 0 Å². The third kappa shape index (κ3) is 3.01. The van der Waals surface area contributed by atoms with E-state index < -0.39 is 21.1 Å². The number of hydrogen-bond donors (Lipinski definition) is 2. The van der Waals surface area contributed by atoms with E-state index in [-0.39, 0.29) is 11.1 Å². The molecule has 0 radical (unpaired) electrons. The summed E-state index contributed by atoms with van der Waals surface area (Å²) in [6, 6.07) is -0.255. The molecular formula is C11H20N4O3S2. The van der Waals surface area contributed by atoms with E-state index in [2.05, 4.69) is 13.5 Å². The number of piperidine rings is 1. The molecule has 1 saturated heterocycles. The molecule has 0 bridgehead atoms. The Morgan fingerprint density at radius 2 is 1.90 bits per heavy atom. The molecule has 2 rings (SSSR count). The molecule has 1 fully saturated rings. The predicted molar refractivity (Wildman–Crippen MR) is 75.0 cm³/mol. The van der Waals surface area contributed by atoms with E-state index in [1.807, 2.05) is 27.7 Å². The second-order valence-electron chi connectivity index (χ2n) is 6.41. The molecule has 2 heterocycles. The minimum atomic E-state index is -3.65. The average molecular weight is 320 g/mol. The Hall–Kier alpha value is -0.610. The van der Waals surface area contributed by atoms with Gasteiger partial charge in [-0.05, 0) is 40.5 Å². The Bertz CT molecular complexity index is 550. The van der Waals surface area contributed by atoms with Crippen LogP contribution in [0.15, 0.2) is 11.2 Å². The van der Waals surface area contributed by atoms with E-state index in [0.29, 0.717) is 12.8 Å². The lowest BCUT2D eigenvalue weighted by molar-refractivity contribution is -0.245. The van der Waals surface area contributed by atoms with Crippen molar-refractivity contribution in [1.82, 2.24) is 18.5 Å². The van der Waals surface area contributed by atoms with Gasteiger partial charge in [-0.3, -0.25) is 0 Å². The van der Waals surface area contributed by atoms with Gasteiger partial charge in [0.05, 0.1) is 17.9 Å². The van der Waals surface area contributed by atoms with E-state index in [0.717, 1.165) is 11.7 Å². The molecule has 0 aromatic carbocycles. The van der Waals surface area contributed by atoms with Crippen molar-refractivity contribution in [2.24, 2.45) is 0 Å². The number of hydroxylamine groups is 2. The summed E-state index contributed by atoms with van der Waals surface area (Å²) in [5.74, 6) is 0. The van der Waals surface area contributed by atoms with Crippen LogP contribution in [0.4, 0.5) is 0 Å². The van der Waals surface area contributed by atoms with Gasteiger partial charge in [0.15, 0.2) is 0 Å². The maximum absolute atomic E-state index is 12.2. The number of hydrogen-bond acceptors (Lipinski definition) is 7. The minimum absolute atomic E-state index is 0.0514. The molecule has 1 aromatic rings. The first-order chi connectivity index (χ1) is 9.05. The first-order valence-corrected chi connectivity index (χ1v) is 8.55. The van der Waals surface area contributed by atoms with E-state index in [1.165, 1.54) is 11.3 Å². The SMILES string of the molecule is CC1(C)CC(NS(=O)(=O)c2cnsn2)CC(C)(C)N1O. The van der Waals surface area contributed by atoms with E-state index >= 15 is 0 Å². The van der Waals surface area contributed by atoms with Crippen molar-refractivity contribution in [3.05, 3.63) is 6.20 Å². The van der Waals surface area contributed by atoms with Gasteiger partial charge in [-0.1, -0.05) is 0 Å². The van der Waals surface area contributed by atoms with Crippen molar-refractivity contribution in [3.8, 4) is 0 Å². The molecule has 1 aliphatic heterocycles. The monoisotopic (exact) mass is 320 g/mol.